The third-order valence-corrected chi connectivity index (χ3v) is 1.76. The van der Waals surface area contributed by atoms with Crippen molar-refractivity contribution in [3.05, 3.63) is 18.2 Å². The van der Waals surface area contributed by atoms with Crippen molar-refractivity contribution in [3.63, 3.8) is 0 Å². The molecule has 0 aliphatic heterocycles. The number of alkyl halides is 6. The number of anilines is 1. The predicted molar refractivity (Wildman–Crippen MR) is 60.2 cm³/mol. The summed E-state index contributed by atoms with van der Waals surface area (Å²) in [6.45, 7) is 0. The summed E-state index contributed by atoms with van der Waals surface area (Å²) in [6, 6.07) is 2.24. The molecule has 4 nitrogen and oxygen atoms in total. The van der Waals surface area contributed by atoms with Gasteiger partial charge in [0.15, 0.2) is 16.6 Å². The molecule has 11 heteroatoms. The fraction of sp³-hybridized carbons (Fsp3) is 0.222. The van der Waals surface area contributed by atoms with Gasteiger partial charge in [0, 0.05) is 11.8 Å². The molecule has 3 N–H and O–H groups in total. The number of ether oxygens (including phenoxy) is 2. The number of nitrogens with one attached hydrogen (secondary N) is 1. The first-order valence-electron chi connectivity index (χ1n) is 4.68. The van der Waals surface area contributed by atoms with Crippen molar-refractivity contribution in [2.24, 2.45) is 5.73 Å². The van der Waals surface area contributed by atoms with Gasteiger partial charge in [-0.2, -0.15) is 0 Å². The summed E-state index contributed by atoms with van der Waals surface area (Å²) in [5.74, 6) is -2.33. The van der Waals surface area contributed by atoms with Crippen molar-refractivity contribution in [2.45, 2.75) is 12.7 Å². The van der Waals surface area contributed by atoms with Crippen LogP contribution in [0.2, 0.25) is 0 Å². The van der Waals surface area contributed by atoms with E-state index in [0.717, 1.165) is 6.07 Å². The Hall–Kier alpha value is -1.91. The molecular weight excluding hydrogens is 314 g/mol. The highest BCUT2D eigenvalue weighted by molar-refractivity contribution is 7.80. The largest absolute Gasteiger partial charge is 0.573 e. The summed E-state index contributed by atoms with van der Waals surface area (Å²) in [5.41, 5.74) is 5.00. The Kier molecular flexibility index (Phi) is 4.53. The molecule has 20 heavy (non-hydrogen) atoms. The van der Waals surface area contributed by atoms with E-state index in [9.17, 15) is 26.3 Å². The van der Waals surface area contributed by atoms with Gasteiger partial charge in [0.05, 0.1) is 0 Å². The first-order valence-corrected chi connectivity index (χ1v) is 5.09. The van der Waals surface area contributed by atoms with Crippen LogP contribution in [0.4, 0.5) is 32.0 Å². The number of hydrogen-bond donors (Lipinski definition) is 2. The summed E-state index contributed by atoms with van der Waals surface area (Å²) in [5, 5.41) is 1.96. The topological polar surface area (TPSA) is 56.5 Å². The number of rotatable bonds is 3. The van der Waals surface area contributed by atoms with Crippen LogP contribution in [-0.2, 0) is 0 Å². The molecule has 1 rings (SSSR count). The molecule has 0 bridgehead atoms. The average molecular weight is 320 g/mol. The third kappa shape index (κ3) is 5.82. The summed E-state index contributed by atoms with van der Waals surface area (Å²) in [6.07, 6.45) is -10.4. The van der Waals surface area contributed by atoms with Crippen molar-refractivity contribution in [1.29, 1.82) is 0 Å². The van der Waals surface area contributed by atoms with Crippen LogP contribution in [0.25, 0.3) is 0 Å². The molecule has 0 amide bonds. The molecule has 0 saturated heterocycles. The highest BCUT2D eigenvalue weighted by atomic mass is 32.1. The molecule has 0 fully saturated rings. The molecule has 1 aromatic carbocycles. The summed E-state index contributed by atoms with van der Waals surface area (Å²) >= 11 is 4.44. The van der Waals surface area contributed by atoms with Crippen LogP contribution >= 0.6 is 12.2 Å². The Morgan fingerprint density at radius 1 is 1.00 bits per heavy atom. The SMILES string of the molecule is NC(=S)Nc1ccc(OC(F)(F)F)c(OC(F)(F)F)c1. The first kappa shape index (κ1) is 16.1. The van der Waals surface area contributed by atoms with Gasteiger partial charge in [-0.1, -0.05) is 0 Å². The molecule has 0 heterocycles. The average Bonchev–Trinajstić information content (AvgIpc) is 2.16. The molecule has 0 spiro atoms. The van der Waals surface area contributed by atoms with Gasteiger partial charge in [0.2, 0.25) is 0 Å². The van der Waals surface area contributed by atoms with E-state index >= 15 is 0 Å². The fourth-order valence-corrected chi connectivity index (χ4v) is 1.26. The highest BCUT2D eigenvalue weighted by Crippen LogP contribution is 2.37. The molecule has 0 aliphatic rings. The van der Waals surface area contributed by atoms with Gasteiger partial charge < -0.3 is 20.5 Å². The van der Waals surface area contributed by atoms with Gasteiger partial charge in [-0.05, 0) is 24.4 Å². The van der Waals surface area contributed by atoms with Gasteiger partial charge in [-0.25, -0.2) is 0 Å². The van der Waals surface area contributed by atoms with Gasteiger partial charge in [-0.15, -0.1) is 26.3 Å². The smallest absolute Gasteiger partial charge is 0.402 e. The Labute approximate surface area is 113 Å². The molecule has 0 atom stereocenters. The molecule has 0 aromatic heterocycles. The van der Waals surface area contributed by atoms with E-state index in [1.54, 1.807) is 0 Å². The minimum atomic E-state index is -5.19. The van der Waals surface area contributed by atoms with Crippen LogP contribution in [0.1, 0.15) is 0 Å². The second-order valence-corrected chi connectivity index (χ2v) is 3.69. The molecule has 0 aliphatic carbocycles. The molecular formula is C9H6F6N2O2S. The molecule has 0 saturated carbocycles. The maximum absolute atomic E-state index is 12.1. The normalized spacial score (nSPS) is 11.9. The Balaban J connectivity index is 3.12. The Morgan fingerprint density at radius 2 is 1.50 bits per heavy atom. The minimum Gasteiger partial charge on any atom is -0.402 e. The van der Waals surface area contributed by atoms with Crippen LogP contribution in [0.15, 0.2) is 18.2 Å². The summed E-state index contributed by atoms with van der Waals surface area (Å²) in [4.78, 5) is 0. The van der Waals surface area contributed by atoms with E-state index in [0.29, 0.717) is 12.1 Å². The quantitative estimate of drug-likeness (QED) is 0.662. The number of hydrogen-bond acceptors (Lipinski definition) is 3. The van der Waals surface area contributed by atoms with Gasteiger partial charge in [0.1, 0.15) is 0 Å². The lowest BCUT2D eigenvalue weighted by molar-refractivity contribution is -0.287. The van der Waals surface area contributed by atoms with E-state index in [2.05, 4.69) is 27.0 Å². The van der Waals surface area contributed by atoms with E-state index in [1.165, 1.54) is 0 Å². The third-order valence-electron chi connectivity index (χ3n) is 1.66. The van der Waals surface area contributed by atoms with Gasteiger partial charge in [-0.3, -0.25) is 0 Å². The number of nitrogens with two attached hydrogens (primary N) is 1. The van der Waals surface area contributed by atoms with E-state index < -0.39 is 24.2 Å². The summed E-state index contributed by atoms with van der Waals surface area (Å²) in [7, 11) is 0. The second-order valence-electron chi connectivity index (χ2n) is 3.25. The lowest BCUT2D eigenvalue weighted by Gasteiger charge is -2.16. The first-order chi connectivity index (χ1) is 8.96. The molecule has 0 unspecified atom stereocenters. The van der Waals surface area contributed by atoms with Gasteiger partial charge in [0.25, 0.3) is 0 Å². The molecule has 1 aromatic rings. The van der Waals surface area contributed by atoms with Crippen LogP contribution in [-0.4, -0.2) is 17.8 Å². The van der Waals surface area contributed by atoms with Gasteiger partial charge >= 0.3 is 12.7 Å². The zero-order valence-corrected chi connectivity index (χ0v) is 10.1. The lowest BCUT2D eigenvalue weighted by Crippen LogP contribution is -2.22. The van der Waals surface area contributed by atoms with Crippen LogP contribution in [0.5, 0.6) is 11.5 Å². The number of halogens is 6. The van der Waals surface area contributed by atoms with Crippen LogP contribution < -0.4 is 20.5 Å². The zero-order valence-electron chi connectivity index (χ0n) is 9.30. The lowest BCUT2D eigenvalue weighted by atomic mass is 10.3. The van der Waals surface area contributed by atoms with Crippen molar-refractivity contribution in [2.75, 3.05) is 5.32 Å². The van der Waals surface area contributed by atoms with E-state index in [-0.39, 0.29) is 10.8 Å². The fourth-order valence-electron chi connectivity index (χ4n) is 1.14. The number of benzene rings is 1. The minimum absolute atomic E-state index is 0.0914. The van der Waals surface area contributed by atoms with Crippen molar-refractivity contribution < 1.29 is 35.8 Å². The Bertz CT molecular complexity index is 502. The monoisotopic (exact) mass is 320 g/mol. The maximum Gasteiger partial charge on any atom is 0.573 e. The van der Waals surface area contributed by atoms with E-state index in [4.69, 9.17) is 5.73 Å². The summed E-state index contributed by atoms with van der Waals surface area (Å²) < 4.78 is 79.4. The van der Waals surface area contributed by atoms with E-state index in [1.807, 2.05) is 0 Å². The number of thiocarbonyl (C=S) groups is 1. The predicted octanol–water partition coefficient (Wildman–Crippen LogP) is 3.14. The van der Waals surface area contributed by atoms with Crippen LogP contribution in [0.3, 0.4) is 0 Å². The maximum atomic E-state index is 12.1. The standard InChI is InChI=1S/C9H6F6N2O2S/c10-8(11,12)18-5-2-1-4(17-7(16)20)3-6(5)19-9(13,14)15/h1-3H,(H3,16,17,20). The Morgan fingerprint density at radius 3 is 1.95 bits per heavy atom. The highest BCUT2D eigenvalue weighted by Gasteiger charge is 2.36. The second kappa shape index (κ2) is 5.61. The molecule has 112 valence electrons. The van der Waals surface area contributed by atoms with Crippen LogP contribution in [0, 0.1) is 0 Å². The molecule has 0 radical (unpaired) electrons. The van der Waals surface area contributed by atoms with Crippen molar-refractivity contribution >= 4 is 23.0 Å². The van der Waals surface area contributed by atoms with Crippen molar-refractivity contribution in [1.82, 2.24) is 0 Å². The van der Waals surface area contributed by atoms with Crippen molar-refractivity contribution in [3.8, 4) is 11.5 Å². The zero-order chi connectivity index (χ0) is 15.6.